The number of aliphatic hydroxyl groups is 1. The van der Waals surface area contributed by atoms with Crippen LogP contribution in [0.4, 0.5) is 0 Å². The molecule has 2 unspecified atom stereocenters. The van der Waals surface area contributed by atoms with Crippen molar-refractivity contribution in [1.82, 2.24) is 0 Å². The van der Waals surface area contributed by atoms with Crippen molar-refractivity contribution in [3.63, 3.8) is 0 Å². The van der Waals surface area contributed by atoms with Crippen LogP contribution >= 0.6 is 0 Å². The standard InChI is InChI=1S/C15H28O/c1-12(2)13-7-6-10-15(16,11-13)14-8-4-3-5-9-14/h12-14,16H,3-11H2,1-2H3. The number of rotatable bonds is 2. The van der Waals surface area contributed by atoms with Crippen LogP contribution in [0, 0.1) is 17.8 Å². The van der Waals surface area contributed by atoms with Crippen LogP contribution in [0.1, 0.15) is 71.6 Å². The minimum Gasteiger partial charge on any atom is -0.390 e. The van der Waals surface area contributed by atoms with Crippen LogP contribution < -0.4 is 0 Å². The predicted molar refractivity (Wildman–Crippen MR) is 68.3 cm³/mol. The van der Waals surface area contributed by atoms with Crippen molar-refractivity contribution in [3.05, 3.63) is 0 Å². The van der Waals surface area contributed by atoms with Crippen molar-refractivity contribution in [2.24, 2.45) is 17.8 Å². The van der Waals surface area contributed by atoms with Gasteiger partial charge in [-0.15, -0.1) is 0 Å². The largest absolute Gasteiger partial charge is 0.390 e. The third kappa shape index (κ3) is 2.61. The first-order valence-corrected chi connectivity index (χ1v) is 7.34. The maximum atomic E-state index is 10.9. The summed E-state index contributed by atoms with van der Waals surface area (Å²) in [5, 5.41) is 10.9. The van der Waals surface area contributed by atoms with Gasteiger partial charge >= 0.3 is 0 Å². The summed E-state index contributed by atoms with van der Waals surface area (Å²) < 4.78 is 0. The minimum atomic E-state index is -0.298. The van der Waals surface area contributed by atoms with Gasteiger partial charge in [-0.3, -0.25) is 0 Å². The Morgan fingerprint density at radius 3 is 2.31 bits per heavy atom. The van der Waals surface area contributed by atoms with Crippen molar-refractivity contribution in [2.45, 2.75) is 77.2 Å². The molecule has 0 aromatic heterocycles. The van der Waals surface area contributed by atoms with E-state index in [0.29, 0.717) is 5.92 Å². The van der Waals surface area contributed by atoms with E-state index in [2.05, 4.69) is 13.8 Å². The lowest BCUT2D eigenvalue weighted by Gasteiger charge is -2.45. The van der Waals surface area contributed by atoms with Crippen LogP contribution in [-0.2, 0) is 0 Å². The van der Waals surface area contributed by atoms with Crippen LogP contribution in [0.25, 0.3) is 0 Å². The molecule has 0 radical (unpaired) electrons. The lowest BCUT2D eigenvalue weighted by molar-refractivity contribution is -0.0816. The van der Waals surface area contributed by atoms with Gasteiger partial charge in [0, 0.05) is 0 Å². The smallest absolute Gasteiger partial charge is 0.0678 e. The van der Waals surface area contributed by atoms with Crippen LogP contribution in [0.3, 0.4) is 0 Å². The van der Waals surface area contributed by atoms with Gasteiger partial charge in [-0.25, -0.2) is 0 Å². The van der Waals surface area contributed by atoms with E-state index in [0.717, 1.165) is 24.7 Å². The van der Waals surface area contributed by atoms with Gasteiger partial charge in [0.2, 0.25) is 0 Å². The van der Waals surface area contributed by atoms with Crippen molar-refractivity contribution >= 4 is 0 Å². The average Bonchev–Trinajstić information content (AvgIpc) is 2.30. The number of hydrogen-bond acceptors (Lipinski definition) is 1. The summed E-state index contributed by atoms with van der Waals surface area (Å²) >= 11 is 0. The number of hydrogen-bond donors (Lipinski definition) is 1. The molecule has 94 valence electrons. The highest BCUT2D eigenvalue weighted by Gasteiger charge is 2.41. The highest BCUT2D eigenvalue weighted by molar-refractivity contribution is 4.93. The molecule has 0 amide bonds. The van der Waals surface area contributed by atoms with Crippen LogP contribution in [0.15, 0.2) is 0 Å². The summed E-state index contributed by atoms with van der Waals surface area (Å²) in [7, 11) is 0. The molecular weight excluding hydrogens is 196 g/mol. The van der Waals surface area contributed by atoms with Gasteiger partial charge in [-0.2, -0.15) is 0 Å². The molecule has 0 bridgehead atoms. The Bertz CT molecular complexity index is 217. The van der Waals surface area contributed by atoms with Gasteiger partial charge in [-0.1, -0.05) is 39.5 Å². The van der Waals surface area contributed by atoms with Crippen LogP contribution in [0.5, 0.6) is 0 Å². The SMILES string of the molecule is CC(C)C1CCCC(O)(C2CCCCC2)C1. The second-order valence-electron chi connectivity index (χ2n) is 6.54. The third-order valence-electron chi connectivity index (χ3n) is 5.11. The van der Waals surface area contributed by atoms with Gasteiger partial charge < -0.3 is 5.11 Å². The van der Waals surface area contributed by atoms with E-state index in [9.17, 15) is 5.11 Å². The maximum absolute atomic E-state index is 10.9. The second-order valence-corrected chi connectivity index (χ2v) is 6.54. The minimum absolute atomic E-state index is 0.298. The van der Waals surface area contributed by atoms with Crippen LogP contribution in [-0.4, -0.2) is 10.7 Å². The van der Waals surface area contributed by atoms with Gasteiger partial charge in [-0.05, 0) is 49.9 Å². The fraction of sp³-hybridized carbons (Fsp3) is 1.00. The molecule has 0 saturated heterocycles. The maximum Gasteiger partial charge on any atom is 0.0678 e. The first kappa shape index (κ1) is 12.4. The quantitative estimate of drug-likeness (QED) is 0.747. The van der Waals surface area contributed by atoms with Crippen molar-refractivity contribution in [1.29, 1.82) is 0 Å². The fourth-order valence-electron chi connectivity index (χ4n) is 3.91. The van der Waals surface area contributed by atoms with E-state index in [1.165, 1.54) is 44.9 Å². The van der Waals surface area contributed by atoms with Gasteiger partial charge in [0.25, 0.3) is 0 Å². The highest BCUT2D eigenvalue weighted by atomic mass is 16.3. The van der Waals surface area contributed by atoms with Gasteiger partial charge in [0.15, 0.2) is 0 Å². The molecule has 2 aliphatic carbocycles. The summed E-state index contributed by atoms with van der Waals surface area (Å²) in [5.41, 5.74) is -0.298. The van der Waals surface area contributed by atoms with E-state index < -0.39 is 0 Å². The molecule has 2 saturated carbocycles. The van der Waals surface area contributed by atoms with E-state index in [-0.39, 0.29) is 5.60 Å². The Hall–Kier alpha value is -0.0400. The molecule has 1 heteroatoms. The Labute approximate surface area is 101 Å². The molecule has 1 N–H and O–H groups in total. The molecule has 2 atom stereocenters. The van der Waals surface area contributed by atoms with Gasteiger partial charge in [0.05, 0.1) is 5.60 Å². The van der Waals surface area contributed by atoms with Crippen molar-refractivity contribution < 1.29 is 5.11 Å². The van der Waals surface area contributed by atoms with E-state index in [4.69, 9.17) is 0 Å². The zero-order valence-electron chi connectivity index (χ0n) is 11.0. The predicted octanol–water partition coefficient (Wildman–Crippen LogP) is 4.14. The topological polar surface area (TPSA) is 20.2 Å². The summed E-state index contributed by atoms with van der Waals surface area (Å²) in [4.78, 5) is 0. The van der Waals surface area contributed by atoms with Crippen LogP contribution in [0.2, 0.25) is 0 Å². The van der Waals surface area contributed by atoms with E-state index in [1.807, 2.05) is 0 Å². The molecule has 2 rings (SSSR count). The van der Waals surface area contributed by atoms with Crippen molar-refractivity contribution in [3.8, 4) is 0 Å². The summed E-state index contributed by atoms with van der Waals surface area (Å²) in [5.74, 6) is 2.12. The normalized spacial score (nSPS) is 37.9. The second kappa shape index (κ2) is 5.08. The molecule has 0 aromatic carbocycles. The van der Waals surface area contributed by atoms with Gasteiger partial charge in [0.1, 0.15) is 0 Å². The Morgan fingerprint density at radius 2 is 1.69 bits per heavy atom. The third-order valence-corrected chi connectivity index (χ3v) is 5.11. The molecule has 2 fully saturated rings. The molecule has 0 spiro atoms. The lowest BCUT2D eigenvalue weighted by atomic mass is 9.65. The molecule has 2 aliphatic rings. The zero-order chi connectivity index (χ0) is 11.6. The Kier molecular flexibility index (Phi) is 3.94. The summed E-state index contributed by atoms with van der Waals surface area (Å²) in [6.07, 6.45) is 11.4. The van der Waals surface area contributed by atoms with Crippen molar-refractivity contribution in [2.75, 3.05) is 0 Å². The summed E-state index contributed by atoms with van der Waals surface area (Å²) in [6, 6.07) is 0. The molecule has 0 heterocycles. The Balaban J connectivity index is 1.99. The summed E-state index contributed by atoms with van der Waals surface area (Å²) in [6.45, 7) is 4.63. The monoisotopic (exact) mass is 224 g/mol. The lowest BCUT2D eigenvalue weighted by Crippen LogP contribution is -2.44. The van der Waals surface area contributed by atoms with E-state index in [1.54, 1.807) is 0 Å². The molecular formula is C15H28O. The highest BCUT2D eigenvalue weighted by Crippen LogP contribution is 2.45. The molecule has 0 aliphatic heterocycles. The van der Waals surface area contributed by atoms with E-state index >= 15 is 0 Å². The molecule has 0 aromatic rings. The average molecular weight is 224 g/mol. The Morgan fingerprint density at radius 1 is 1.00 bits per heavy atom. The first-order valence-electron chi connectivity index (χ1n) is 7.34. The molecule has 16 heavy (non-hydrogen) atoms. The zero-order valence-corrected chi connectivity index (χ0v) is 11.0. The first-order chi connectivity index (χ1) is 7.62. The molecule has 1 nitrogen and oxygen atoms in total. The fourth-order valence-corrected chi connectivity index (χ4v) is 3.91.